The molecular weight excluding hydrogens is 248 g/mol. The van der Waals surface area contributed by atoms with Crippen molar-refractivity contribution in [2.45, 2.75) is 71.8 Å². The van der Waals surface area contributed by atoms with Gasteiger partial charge in [0.05, 0.1) is 5.56 Å². The molecule has 0 saturated carbocycles. The molecule has 2 heteroatoms. The predicted molar refractivity (Wildman–Crippen MR) is 82.9 cm³/mol. The Balaban J connectivity index is 2.72. The lowest BCUT2D eigenvalue weighted by molar-refractivity contribution is 0.0867. The smallest absolute Gasteiger partial charge is 0.170 e. The molecule has 1 aliphatic rings. The van der Waals surface area contributed by atoms with Gasteiger partial charge in [0.15, 0.2) is 5.78 Å². The van der Waals surface area contributed by atoms with Crippen LogP contribution in [0.2, 0.25) is 0 Å². The minimum Gasteiger partial charge on any atom is -0.489 e. The first kappa shape index (κ1) is 15.1. The summed E-state index contributed by atoms with van der Waals surface area (Å²) in [5, 5.41) is 0. The molecule has 0 aliphatic carbocycles. The van der Waals surface area contributed by atoms with E-state index in [0.717, 1.165) is 16.9 Å². The Labute approximate surface area is 122 Å². The SMILES string of the molecule is CC1CC(=O)c2cc(C(C)(C)C)cc(C(C)(C)C)c2O1. The molecule has 2 nitrogen and oxygen atoms in total. The van der Waals surface area contributed by atoms with Crippen molar-refractivity contribution >= 4 is 5.78 Å². The minimum atomic E-state index is -0.0390. The summed E-state index contributed by atoms with van der Waals surface area (Å²) in [6, 6.07) is 4.24. The van der Waals surface area contributed by atoms with Crippen LogP contribution in [0.1, 0.15) is 76.4 Å². The van der Waals surface area contributed by atoms with Gasteiger partial charge in [0, 0.05) is 12.0 Å². The Morgan fingerprint density at radius 2 is 1.65 bits per heavy atom. The molecular formula is C18H26O2. The molecule has 1 aliphatic heterocycles. The van der Waals surface area contributed by atoms with Crippen LogP contribution in [0.25, 0.3) is 0 Å². The lowest BCUT2D eigenvalue weighted by Crippen LogP contribution is -2.28. The number of carbonyl (C=O) groups is 1. The third-order valence-corrected chi connectivity index (χ3v) is 3.86. The third kappa shape index (κ3) is 2.74. The summed E-state index contributed by atoms with van der Waals surface area (Å²) in [5.74, 6) is 1.00. The maximum Gasteiger partial charge on any atom is 0.170 e. The fourth-order valence-corrected chi connectivity index (χ4v) is 2.57. The summed E-state index contributed by atoms with van der Waals surface area (Å²) in [7, 11) is 0. The molecule has 20 heavy (non-hydrogen) atoms. The van der Waals surface area contributed by atoms with Gasteiger partial charge in [0.2, 0.25) is 0 Å². The van der Waals surface area contributed by atoms with Crippen LogP contribution in [-0.2, 0) is 10.8 Å². The van der Waals surface area contributed by atoms with Crippen LogP contribution in [0.4, 0.5) is 0 Å². The van der Waals surface area contributed by atoms with Crippen LogP contribution in [0.3, 0.4) is 0 Å². The van der Waals surface area contributed by atoms with Gasteiger partial charge < -0.3 is 4.74 Å². The molecule has 0 fully saturated rings. The Morgan fingerprint density at radius 3 is 2.15 bits per heavy atom. The molecule has 110 valence electrons. The number of carbonyl (C=O) groups excluding carboxylic acids is 1. The Kier molecular flexibility index (Phi) is 3.48. The van der Waals surface area contributed by atoms with E-state index in [-0.39, 0.29) is 22.7 Å². The van der Waals surface area contributed by atoms with Crippen molar-refractivity contribution in [2.75, 3.05) is 0 Å². The first-order chi connectivity index (χ1) is 9.00. The van der Waals surface area contributed by atoms with Crippen molar-refractivity contribution in [1.82, 2.24) is 0 Å². The number of ether oxygens (including phenoxy) is 1. The van der Waals surface area contributed by atoms with E-state index in [2.05, 4.69) is 47.6 Å². The third-order valence-electron chi connectivity index (χ3n) is 3.86. The molecule has 2 rings (SSSR count). The highest BCUT2D eigenvalue weighted by Gasteiger charge is 2.32. The van der Waals surface area contributed by atoms with E-state index in [1.54, 1.807) is 0 Å². The van der Waals surface area contributed by atoms with Crippen LogP contribution in [0, 0.1) is 0 Å². The molecule has 1 heterocycles. The van der Waals surface area contributed by atoms with Crippen molar-refractivity contribution in [1.29, 1.82) is 0 Å². The second kappa shape index (κ2) is 4.61. The maximum absolute atomic E-state index is 12.4. The lowest BCUT2D eigenvalue weighted by atomic mass is 9.77. The van der Waals surface area contributed by atoms with Gasteiger partial charge >= 0.3 is 0 Å². The second-order valence-electron chi connectivity index (χ2n) is 7.96. The summed E-state index contributed by atoms with van der Waals surface area (Å²) in [6.45, 7) is 15.0. The van der Waals surface area contributed by atoms with Gasteiger partial charge in [-0.1, -0.05) is 47.6 Å². The summed E-state index contributed by atoms with van der Waals surface area (Å²) >= 11 is 0. The zero-order valence-electron chi connectivity index (χ0n) is 13.8. The molecule has 0 radical (unpaired) electrons. The topological polar surface area (TPSA) is 26.3 Å². The van der Waals surface area contributed by atoms with E-state index in [1.807, 2.05) is 13.0 Å². The second-order valence-corrected chi connectivity index (χ2v) is 7.96. The summed E-state index contributed by atoms with van der Waals surface area (Å²) in [4.78, 5) is 12.4. The predicted octanol–water partition coefficient (Wildman–Crippen LogP) is 4.64. The van der Waals surface area contributed by atoms with E-state index >= 15 is 0 Å². The molecule has 0 amide bonds. The standard InChI is InChI=1S/C18H26O2/c1-11-8-15(19)13-9-12(17(2,3)4)10-14(16(13)20-11)18(5,6)7/h9-11H,8H2,1-7H3. The Hall–Kier alpha value is -1.31. The average Bonchev–Trinajstić information content (AvgIpc) is 2.24. The molecule has 1 atom stereocenters. The van der Waals surface area contributed by atoms with Gasteiger partial charge in [0.25, 0.3) is 0 Å². The van der Waals surface area contributed by atoms with E-state index in [9.17, 15) is 4.79 Å². The highest BCUT2D eigenvalue weighted by atomic mass is 16.5. The quantitative estimate of drug-likeness (QED) is 0.689. The van der Waals surface area contributed by atoms with E-state index in [4.69, 9.17) is 4.74 Å². The minimum absolute atomic E-state index is 0.0262. The van der Waals surface area contributed by atoms with Crippen molar-refractivity contribution in [3.8, 4) is 5.75 Å². The van der Waals surface area contributed by atoms with Crippen molar-refractivity contribution in [3.05, 3.63) is 28.8 Å². The van der Waals surface area contributed by atoms with Crippen LogP contribution in [-0.4, -0.2) is 11.9 Å². The van der Waals surface area contributed by atoms with Gasteiger partial charge in [-0.25, -0.2) is 0 Å². The molecule has 0 saturated heterocycles. The van der Waals surface area contributed by atoms with Crippen LogP contribution < -0.4 is 4.74 Å². The summed E-state index contributed by atoms with van der Waals surface area (Å²) in [5.41, 5.74) is 3.09. The number of Topliss-reactive ketones (excluding diaryl/α,β-unsaturated/α-hetero) is 1. The molecule has 1 aromatic carbocycles. The largest absolute Gasteiger partial charge is 0.489 e. The maximum atomic E-state index is 12.4. The van der Waals surface area contributed by atoms with Gasteiger partial charge in [-0.15, -0.1) is 0 Å². The highest BCUT2D eigenvalue weighted by molar-refractivity contribution is 6.00. The van der Waals surface area contributed by atoms with Crippen molar-refractivity contribution in [3.63, 3.8) is 0 Å². The summed E-state index contributed by atoms with van der Waals surface area (Å²) < 4.78 is 6.01. The van der Waals surface area contributed by atoms with E-state index < -0.39 is 0 Å². The number of benzene rings is 1. The Bertz CT molecular complexity index is 542. The van der Waals surface area contributed by atoms with Gasteiger partial charge in [-0.05, 0) is 29.4 Å². The Morgan fingerprint density at radius 1 is 1.05 bits per heavy atom. The molecule has 0 aromatic heterocycles. The van der Waals surface area contributed by atoms with Crippen molar-refractivity contribution in [2.24, 2.45) is 0 Å². The molecule has 0 bridgehead atoms. The molecule has 1 unspecified atom stereocenters. The van der Waals surface area contributed by atoms with Gasteiger partial charge in [-0.2, -0.15) is 0 Å². The summed E-state index contributed by atoms with van der Waals surface area (Å²) in [6.07, 6.45) is 0.445. The number of fused-ring (bicyclic) bond motifs is 1. The zero-order chi connectivity index (χ0) is 15.3. The lowest BCUT2D eigenvalue weighted by Gasteiger charge is -2.32. The molecule has 1 aromatic rings. The van der Waals surface area contributed by atoms with E-state index in [0.29, 0.717) is 6.42 Å². The fourth-order valence-electron chi connectivity index (χ4n) is 2.57. The zero-order valence-corrected chi connectivity index (χ0v) is 13.8. The fraction of sp³-hybridized carbons (Fsp3) is 0.611. The average molecular weight is 274 g/mol. The van der Waals surface area contributed by atoms with Crippen LogP contribution >= 0.6 is 0 Å². The highest BCUT2D eigenvalue weighted by Crippen LogP contribution is 2.41. The normalized spacial score (nSPS) is 19.6. The van der Waals surface area contributed by atoms with Crippen molar-refractivity contribution < 1.29 is 9.53 Å². The number of ketones is 1. The van der Waals surface area contributed by atoms with E-state index in [1.165, 1.54) is 5.56 Å². The van der Waals surface area contributed by atoms with Crippen LogP contribution in [0.15, 0.2) is 12.1 Å². The first-order valence-corrected chi connectivity index (χ1v) is 7.39. The van der Waals surface area contributed by atoms with Crippen LogP contribution in [0.5, 0.6) is 5.75 Å². The monoisotopic (exact) mass is 274 g/mol. The number of hydrogen-bond acceptors (Lipinski definition) is 2. The molecule has 0 spiro atoms. The number of rotatable bonds is 0. The van der Waals surface area contributed by atoms with Gasteiger partial charge in [-0.3, -0.25) is 4.79 Å². The van der Waals surface area contributed by atoms with Gasteiger partial charge in [0.1, 0.15) is 11.9 Å². The molecule has 0 N–H and O–H groups in total. The number of hydrogen-bond donors (Lipinski definition) is 0. The first-order valence-electron chi connectivity index (χ1n) is 7.39.